The quantitative estimate of drug-likeness (QED) is 0.820. The fraction of sp³-hybridized carbons (Fsp3) is 0.214. The second-order valence-electron chi connectivity index (χ2n) is 4.25. The van der Waals surface area contributed by atoms with Crippen LogP contribution in [-0.4, -0.2) is 11.4 Å². The molecule has 0 amide bonds. The molecule has 3 heteroatoms. The Bertz CT molecular complexity index is 538. The number of phenolic OH excluding ortho intramolecular Hbond substituents is 1. The van der Waals surface area contributed by atoms with E-state index in [4.69, 9.17) is 4.42 Å². The van der Waals surface area contributed by atoms with Crippen LogP contribution in [0.2, 0.25) is 0 Å². The van der Waals surface area contributed by atoms with Crippen molar-refractivity contribution >= 4 is 6.29 Å². The number of furan rings is 1. The lowest BCUT2D eigenvalue weighted by molar-refractivity contribution is 0.110. The molecule has 0 atom stereocenters. The molecule has 2 rings (SSSR count). The number of hydrogen-bond acceptors (Lipinski definition) is 3. The zero-order valence-corrected chi connectivity index (χ0v) is 9.81. The van der Waals surface area contributed by atoms with Crippen molar-refractivity contribution in [3.8, 4) is 17.1 Å². The van der Waals surface area contributed by atoms with Gasteiger partial charge in [0, 0.05) is 5.56 Å². The summed E-state index contributed by atoms with van der Waals surface area (Å²) in [7, 11) is 0. The fourth-order valence-corrected chi connectivity index (χ4v) is 1.74. The molecule has 0 saturated carbocycles. The Morgan fingerprint density at radius 2 is 2.00 bits per heavy atom. The maximum absolute atomic E-state index is 10.5. The molecule has 0 saturated heterocycles. The first-order chi connectivity index (χ1) is 8.11. The van der Waals surface area contributed by atoms with Gasteiger partial charge >= 0.3 is 0 Å². The van der Waals surface area contributed by atoms with Crippen molar-refractivity contribution in [1.82, 2.24) is 0 Å². The second kappa shape index (κ2) is 4.45. The molecule has 0 aliphatic heterocycles. The van der Waals surface area contributed by atoms with Crippen molar-refractivity contribution in [2.45, 2.75) is 19.8 Å². The minimum atomic E-state index is 0.232. The summed E-state index contributed by atoms with van der Waals surface area (Å²) in [5.41, 5.74) is 1.73. The number of aromatic hydroxyl groups is 1. The normalized spacial score (nSPS) is 10.8. The van der Waals surface area contributed by atoms with Gasteiger partial charge in [0.15, 0.2) is 12.0 Å². The lowest BCUT2D eigenvalue weighted by Crippen LogP contribution is -1.88. The summed E-state index contributed by atoms with van der Waals surface area (Å²) in [4.78, 5) is 10.5. The zero-order valence-electron chi connectivity index (χ0n) is 9.81. The highest BCUT2D eigenvalue weighted by molar-refractivity contribution is 5.73. The summed E-state index contributed by atoms with van der Waals surface area (Å²) in [6, 6.07) is 8.68. The van der Waals surface area contributed by atoms with E-state index in [-0.39, 0.29) is 11.7 Å². The molecule has 2 aromatic rings. The van der Waals surface area contributed by atoms with Gasteiger partial charge in [-0.3, -0.25) is 4.79 Å². The molecule has 88 valence electrons. The van der Waals surface area contributed by atoms with E-state index in [2.05, 4.69) is 0 Å². The van der Waals surface area contributed by atoms with Gasteiger partial charge in [-0.2, -0.15) is 0 Å². The van der Waals surface area contributed by atoms with E-state index >= 15 is 0 Å². The highest BCUT2D eigenvalue weighted by Gasteiger charge is 2.10. The Balaban J connectivity index is 2.45. The third kappa shape index (κ3) is 2.23. The summed E-state index contributed by atoms with van der Waals surface area (Å²) in [5, 5.41) is 9.72. The van der Waals surface area contributed by atoms with E-state index in [0.717, 1.165) is 11.1 Å². The molecule has 1 aromatic heterocycles. The Kier molecular flexibility index (Phi) is 3.00. The van der Waals surface area contributed by atoms with E-state index in [9.17, 15) is 9.90 Å². The molecule has 3 nitrogen and oxygen atoms in total. The molecule has 0 aliphatic rings. The molecule has 0 aliphatic carbocycles. The van der Waals surface area contributed by atoms with Crippen LogP contribution in [0.25, 0.3) is 11.3 Å². The summed E-state index contributed by atoms with van der Waals surface area (Å²) in [6.45, 7) is 4.02. The van der Waals surface area contributed by atoms with Crippen LogP contribution in [0, 0.1) is 0 Å². The predicted molar refractivity (Wildman–Crippen MR) is 65.3 cm³/mol. The minimum Gasteiger partial charge on any atom is -0.508 e. The minimum absolute atomic E-state index is 0.232. The van der Waals surface area contributed by atoms with E-state index in [1.165, 1.54) is 0 Å². The molecular formula is C14H14O3. The molecule has 0 unspecified atom stereocenters. The lowest BCUT2D eigenvalue weighted by atomic mass is 9.99. The van der Waals surface area contributed by atoms with E-state index in [1.54, 1.807) is 24.3 Å². The number of carbonyl (C=O) groups excluding carboxylic acids is 1. The summed E-state index contributed by atoms with van der Waals surface area (Å²) >= 11 is 0. The SMILES string of the molecule is CC(C)c1cc(-c2ccc(C=O)o2)ccc1O. The fourth-order valence-electron chi connectivity index (χ4n) is 1.74. The third-order valence-corrected chi connectivity index (χ3v) is 2.68. The topological polar surface area (TPSA) is 50.4 Å². The Hall–Kier alpha value is -2.03. The highest BCUT2D eigenvalue weighted by atomic mass is 16.3. The first kappa shape index (κ1) is 11.5. The Labute approximate surface area is 99.7 Å². The first-order valence-electron chi connectivity index (χ1n) is 5.50. The third-order valence-electron chi connectivity index (χ3n) is 2.68. The molecule has 1 heterocycles. The molecule has 1 aromatic carbocycles. The van der Waals surface area contributed by atoms with Crippen LogP contribution in [0.3, 0.4) is 0 Å². The van der Waals surface area contributed by atoms with Crippen molar-refractivity contribution < 1.29 is 14.3 Å². The van der Waals surface area contributed by atoms with Crippen LogP contribution in [0.5, 0.6) is 5.75 Å². The van der Waals surface area contributed by atoms with Crippen molar-refractivity contribution in [3.63, 3.8) is 0 Å². The van der Waals surface area contributed by atoms with Crippen molar-refractivity contribution in [1.29, 1.82) is 0 Å². The van der Waals surface area contributed by atoms with Crippen LogP contribution >= 0.6 is 0 Å². The average Bonchev–Trinajstić information content (AvgIpc) is 2.78. The van der Waals surface area contributed by atoms with Gasteiger partial charge in [0.1, 0.15) is 11.5 Å². The van der Waals surface area contributed by atoms with E-state index < -0.39 is 0 Å². The first-order valence-corrected chi connectivity index (χ1v) is 5.50. The molecule has 17 heavy (non-hydrogen) atoms. The second-order valence-corrected chi connectivity index (χ2v) is 4.25. The summed E-state index contributed by atoms with van der Waals surface area (Å²) in [5.74, 6) is 1.45. The smallest absolute Gasteiger partial charge is 0.185 e. The number of rotatable bonds is 3. The molecule has 0 bridgehead atoms. The van der Waals surface area contributed by atoms with Crippen molar-refractivity contribution in [3.05, 3.63) is 41.7 Å². The lowest BCUT2D eigenvalue weighted by Gasteiger charge is -2.09. The van der Waals surface area contributed by atoms with E-state index in [0.29, 0.717) is 17.8 Å². The largest absolute Gasteiger partial charge is 0.508 e. The highest BCUT2D eigenvalue weighted by Crippen LogP contribution is 2.31. The van der Waals surface area contributed by atoms with Crippen molar-refractivity contribution in [2.24, 2.45) is 0 Å². The molecular weight excluding hydrogens is 216 g/mol. The van der Waals surface area contributed by atoms with Gasteiger partial charge in [-0.1, -0.05) is 13.8 Å². The number of phenols is 1. The maximum atomic E-state index is 10.5. The maximum Gasteiger partial charge on any atom is 0.185 e. The van der Waals surface area contributed by atoms with E-state index in [1.807, 2.05) is 19.9 Å². The van der Waals surface area contributed by atoms with Crippen LogP contribution in [0.4, 0.5) is 0 Å². The standard InChI is InChI=1S/C14H14O3/c1-9(2)12-7-10(3-5-13(12)16)14-6-4-11(8-15)17-14/h3-9,16H,1-2H3. The van der Waals surface area contributed by atoms with Gasteiger partial charge in [0.25, 0.3) is 0 Å². The number of benzene rings is 1. The monoisotopic (exact) mass is 230 g/mol. The zero-order chi connectivity index (χ0) is 12.4. The van der Waals surface area contributed by atoms with Gasteiger partial charge < -0.3 is 9.52 Å². The van der Waals surface area contributed by atoms with Gasteiger partial charge in [-0.25, -0.2) is 0 Å². The molecule has 0 spiro atoms. The van der Waals surface area contributed by atoms with Crippen LogP contribution in [0.1, 0.15) is 35.9 Å². The predicted octanol–water partition coefficient (Wildman–Crippen LogP) is 3.59. The van der Waals surface area contributed by atoms with Gasteiger partial charge in [-0.15, -0.1) is 0 Å². The number of aldehydes is 1. The molecule has 0 radical (unpaired) electrons. The van der Waals surface area contributed by atoms with Gasteiger partial charge in [0.2, 0.25) is 0 Å². The number of carbonyl (C=O) groups is 1. The van der Waals surface area contributed by atoms with Crippen LogP contribution in [-0.2, 0) is 0 Å². The average molecular weight is 230 g/mol. The molecule has 1 N–H and O–H groups in total. The summed E-state index contributed by atoms with van der Waals surface area (Å²) in [6.07, 6.45) is 0.674. The number of hydrogen-bond donors (Lipinski definition) is 1. The van der Waals surface area contributed by atoms with Crippen LogP contribution in [0.15, 0.2) is 34.7 Å². The Morgan fingerprint density at radius 1 is 1.24 bits per heavy atom. The van der Waals surface area contributed by atoms with Gasteiger partial charge in [-0.05, 0) is 41.8 Å². The molecule has 0 fully saturated rings. The van der Waals surface area contributed by atoms with Crippen molar-refractivity contribution in [2.75, 3.05) is 0 Å². The Morgan fingerprint density at radius 3 is 2.59 bits per heavy atom. The summed E-state index contributed by atoms with van der Waals surface area (Å²) < 4.78 is 5.34. The van der Waals surface area contributed by atoms with Gasteiger partial charge in [0.05, 0.1) is 0 Å². The van der Waals surface area contributed by atoms with Crippen LogP contribution < -0.4 is 0 Å².